The summed E-state index contributed by atoms with van der Waals surface area (Å²) in [7, 11) is 0. The molecule has 4 aromatic rings. The lowest BCUT2D eigenvalue weighted by atomic mass is 9.96. The molecule has 2 aromatic heterocycles. The van der Waals surface area contributed by atoms with Gasteiger partial charge in [0.25, 0.3) is 0 Å². The quantitative estimate of drug-likeness (QED) is 0.180. The third-order valence-electron chi connectivity index (χ3n) is 11.7. The summed E-state index contributed by atoms with van der Waals surface area (Å²) in [6, 6.07) is 7.98. The van der Waals surface area contributed by atoms with E-state index in [0.29, 0.717) is 75.5 Å². The van der Waals surface area contributed by atoms with Crippen LogP contribution in [0.1, 0.15) is 56.6 Å². The van der Waals surface area contributed by atoms with Crippen molar-refractivity contribution < 1.29 is 35.9 Å². The molecule has 2 amide bonds. The van der Waals surface area contributed by atoms with Gasteiger partial charge in [-0.1, -0.05) is 31.7 Å². The van der Waals surface area contributed by atoms with Crippen molar-refractivity contribution in [2.24, 2.45) is 17.8 Å². The predicted molar refractivity (Wildman–Crippen MR) is 204 cm³/mol. The molecular weight excluding hydrogens is 763 g/mol. The monoisotopic (exact) mass is 806 g/mol. The Morgan fingerprint density at radius 3 is 1.69 bits per heavy atom. The second-order valence-corrected chi connectivity index (χ2v) is 15.4. The number of halogens is 6. The van der Waals surface area contributed by atoms with Gasteiger partial charge in [-0.3, -0.25) is 9.59 Å². The topological polar surface area (TPSA) is 98.7 Å². The number of fused-ring (bicyclic) bond motifs is 2. The summed E-state index contributed by atoms with van der Waals surface area (Å²) in [5, 5.41) is 0. The Bertz CT molecular complexity index is 2140. The van der Waals surface area contributed by atoms with Crippen LogP contribution in [-0.4, -0.2) is 92.9 Å². The second kappa shape index (κ2) is 17.1. The molecule has 5 aliphatic rings. The maximum absolute atomic E-state index is 13.5. The van der Waals surface area contributed by atoms with E-state index >= 15 is 0 Å². The lowest BCUT2D eigenvalue weighted by Gasteiger charge is -2.37. The number of allylic oxidation sites excluding steroid dienone is 1. The van der Waals surface area contributed by atoms with E-state index in [1.54, 1.807) is 12.1 Å². The highest BCUT2D eigenvalue weighted by atomic mass is 19.2. The van der Waals surface area contributed by atoms with Crippen molar-refractivity contribution in [1.29, 1.82) is 0 Å². The molecule has 10 nitrogen and oxygen atoms in total. The van der Waals surface area contributed by atoms with Crippen LogP contribution >= 0.6 is 0 Å². The summed E-state index contributed by atoms with van der Waals surface area (Å²) >= 11 is 0. The number of anilines is 2. The average Bonchev–Trinajstić information content (AvgIpc) is 3.82. The van der Waals surface area contributed by atoms with Crippen LogP contribution in [0.15, 0.2) is 67.3 Å². The molecule has 306 valence electrons. The molecule has 0 bridgehead atoms. The van der Waals surface area contributed by atoms with Gasteiger partial charge in [0.1, 0.15) is 0 Å². The zero-order chi connectivity index (χ0) is 39.8. The van der Waals surface area contributed by atoms with Gasteiger partial charge in [-0.2, -0.15) is 0 Å². The molecule has 0 radical (unpaired) electrons. The first-order valence-corrected chi connectivity index (χ1v) is 19.1. The van der Waals surface area contributed by atoms with Crippen molar-refractivity contribution in [2.75, 3.05) is 49.1 Å². The van der Waals surface area contributed by atoms with Gasteiger partial charge >= 0.3 is 0 Å². The first kappa shape index (κ1) is 40.6. The van der Waals surface area contributed by atoms with Crippen LogP contribution in [0.4, 0.5) is 38.2 Å². The van der Waals surface area contributed by atoms with Gasteiger partial charge in [-0.05, 0) is 79.3 Å². The Kier molecular flexibility index (Phi) is 12.0. The van der Waals surface area contributed by atoms with Gasteiger partial charge in [0.05, 0.1) is 36.9 Å². The summed E-state index contributed by atoms with van der Waals surface area (Å²) in [5.41, 5.74) is 1.37. The van der Waals surface area contributed by atoms with Crippen molar-refractivity contribution in [3.8, 4) is 0 Å². The van der Waals surface area contributed by atoms with Crippen molar-refractivity contribution in [3.63, 3.8) is 0 Å². The fourth-order valence-electron chi connectivity index (χ4n) is 8.73. The predicted octanol–water partition coefficient (Wildman–Crippen LogP) is 6.80. The summed E-state index contributed by atoms with van der Waals surface area (Å²) in [6.45, 7) is 3.67. The van der Waals surface area contributed by atoms with E-state index in [4.69, 9.17) is 0 Å². The molecule has 2 aromatic carbocycles. The Hall–Kier alpha value is -5.54. The first-order valence-electron chi connectivity index (χ1n) is 19.1. The molecule has 0 spiro atoms. The molecule has 1 aliphatic carbocycles. The molecule has 4 saturated heterocycles. The highest BCUT2D eigenvalue weighted by Crippen LogP contribution is 2.52. The molecule has 2 unspecified atom stereocenters. The van der Waals surface area contributed by atoms with Crippen LogP contribution in [0, 0.1) is 52.7 Å². The number of carbonyl (C=O) groups excluding carboxylic acids is 2. The molecule has 6 heterocycles. The van der Waals surface area contributed by atoms with Crippen molar-refractivity contribution >= 4 is 29.8 Å². The Morgan fingerprint density at radius 1 is 0.621 bits per heavy atom. The zero-order valence-electron chi connectivity index (χ0n) is 30.8. The van der Waals surface area contributed by atoms with Crippen molar-refractivity contribution in [2.45, 2.75) is 57.5 Å². The standard InChI is InChI=1S/C21H21F3N4O.C20H19F3N4O.CH4/c22-15-9-25-21(26-10-15)27-3-4-28-16(11-27)6-14(20(28)29)5-13-7-17(13)12-1-2-18(23)19(24)8-12;21-15-10-24-20(25-11-15)26-6-7-27-16(12-26)9-14(19(27)28)3-1-2-13-4-5-17(22)18(23)8-13;/h1-2,8-10,13-14,16-17H,3-7,11H2;1-2,4-5,8,10-11,14,16H,3,6-7,9,12H2;1H4/b;2-1+;/t13?,14-,16-,17?;14-,16-;/m00./s1. The van der Waals surface area contributed by atoms with Crippen LogP contribution in [0.2, 0.25) is 0 Å². The van der Waals surface area contributed by atoms with E-state index in [0.717, 1.165) is 61.7 Å². The Balaban J connectivity index is 0.000000174. The molecule has 4 aliphatic heterocycles. The van der Waals surface area contributed by atoms with Gasteiger partial charge in [0.2, 0.25) is 23.7 Å². The number of amides is 2. The third kappa shape index (κ3) is 8.80. The molecule has 5 fully saturated rings. The lowest BCUT2D eigenvalue weighted by molar-refractivity contribution is -0.133. The van der Waals surface area contributed by atoms with E-state index in [-0.39, 0.29) is 49.1 Å². The molecular formula is C42H44F6N8O2. The minimum Gasteiger partial charge on any atom is -0.337 e. The fourth-order valence-corrected chi connectivity index (χ4v) is 8.73. The molecule has 0 N–H and O–H groups in total. The number of hydrogen-bond donors (Lipinski definition) is 0. The fraction of sp³-hybridized carbons (Fsp3) is 0.429. The smallest absolute Gasteiger partial charge is 0.226 e. The highest BCUT2D eigenvalue weighted by molar-refractivity contribution is 5.82. The molecule has 58 heavy (non-hydrogen) atoms. The zero-order valence-corrected chi connectivity index (χ0v) is 30.8. The van der Waals surface area contributed by atoms with Crippen molar-refractivity contribution in [1.82, 2.24) is 29.7 Å². The van der Waals surface area contributed by atoms with Crippen LogP contribution in [0.5, 0.6) is 0 Å². The van der Waals surface area contributed by atoms with Gasteiger partial charge < -0.3 is 19.6 Å². The summed E-state index contributed by atoms with van der Waals surface area (Å²) in [4.78, 5) is 49.4. The first-order chi connectivity index (χ1) is 27.5. The molecule has 1 saturated carbocycles. The van der Waals surface area contributed by atoms with E-state index in [1.165, 1.54) is 18.2 Å². The van der Waals surface area contributed by atoms with Crippen LogP contribution in [0.25, 0.3) is 6.08 Å². The van der Waals surface area contributed by atoms with Gasteiger partial charge in [-0.15, -0.1) is 0 Å². The number of benzene rings is 2. The number of nitrogens with zero attached hydrogens (tertiary/aromatic N) is 8. The van der Waals surface area contributed by atoms with E-state index in [1.807, 2.05) is 25.7 Å². The molecule has 6 atom stereocenters. The Labute approximate surface area is 332 Å². The van der Waals surface area contributed by atoms with Gasteiger partial charge in [-0.25, -0.2) is 46.3 Å². The van der Waals surface area contributed by atoms with E-state index in [9.17, 15) is 35.9 Å². The normalized spacial score (nSPS) is 25.0. The minimum absolute atomic E-state index is 0. The summed E-state index contributed by atoms with van der Waals surface area (Å²) < 4.78 is 79.0. The summed E-state index contributed by atoms with van der Waals surface area (Å²) in [6.07, 6.45) is 11.8. The maximum Gasteiger partial charge on any atom is 0.226 e. The van der Waals surface area contributed by atoms with Crippen molar-refractivity contribution in [3.05, 3.63) is 113 Å². The highest BCUT2D eigenvalue weighted by Gasteiger charge is 2.48. The number of aromatic nitrogens is 4. The number of rotatable bonds is 8. The SMILES string of the molecule is C.O=C1[C@@H](C/C=C/c2ccc(F)c(F)c2)C[C@H]2CN(c3ncc(F)cn3)CCN12.O=C1[C@@H](CC2CC2c2ccc(F)c(F)c2)C[C@H]2CN(c3ncc(F)cn3)CCN12. The van der Waals surface area contributed by atoms with Crippen LogP contribution < -0.4 is 9.80 Å². The lowest BCUT2D eigenvalue weighted by Crippen LogP contribution is -2.52. The average molecular weight is 807 g/mol. The second-order valence-electron chi connectivity index (χ2n) is 15.4. The number of piperazine rings is 2. The largest absolute Gasteiger partial charge is 0.337 e. The van der Waals surface area contributed by atoms with Crippen LogP contribution in [-0.2, 0) is 9.59 Å². The number of carbonyl (C=O) groups is 2. The Morgan fingerprint density at radius 2 is 1.14 bits per heavy atom. The maximum atomic E-state index is 13.5. The van der Waals surface area contributed by atoms with Crippen LogP contribution in [0.3, 0.4) is 0 Å². The minimum atomic E-state index is -0.890. The van der Waals surface area contributed by atoms with E-state index in [2.05, 4.69) is 19.9 Å². The molecule has 16 heteroatoms. The third-order valence-corrected chi connectivity index (χ3v) is 11.7. The van der Waals surface area contributed by atoms with E-state index < -0.39 is 34.9 Å². The van der Waals surface area contributed by atoms with Gasteiger partial charge in [0.15, 0.2) is 34.9 Å². The summed E-state index contributed by atoms with van der Waals surface area (Å²) in [5.74, 6) is -2.73. The van der Waals surface area contributed by atoms with Gasteiger partial charge in [0, 0.05) is 51.1 Å². The molecule has 9 rings (SSSR count). The number of hydrogen-bond acceptors (Lipinski definition) is 8.